The van der Waals surface area contributed by atoms with Gasteiger partial charge in [-0.1, -0.05) is 32.4 Å². The summed E-state index contributed by atoms with van der Waals surface area (Å²) in [4.78, 5) is 14.9. The first-order chi connectivity index (χ1) is 15.8. The van der Waals surface area contributed by atoms with E-state index in [4.69, 9.17) is 16.0 Å². The average Bonchev–Trinajstić information content (AvgIpc) is 3.25. The van der Waals surface area contributed by atoms with Crippen LogP contribution in [-0.4, -0.2) is 45.9 Å². The lowest BCUT2D eigenvalue weighted by Crippen LogP contribution is -2.41. The zero-order valence-corrected chi connectivity index (χ0v) is 21.9. The molecule has 11 heteroatoms. The van der Waals surface area contributed by atoms with Gasteiger partial charge in [-0.3, -0.25) is 4.57 Å². The Bertz CT molecular complexity index is 1230. The number of hydrogen-bond acceptors (Lipinski definition) is 6. The number of aliphatic hydroxyl groups is 1. The summed E-state index contributed by atoms with van der Waals surface area (Å²) in [5, 5.41) is 10.8. The van der Waals surface area contributed by atoms with E-state index >= 15 is 0 Å². The molecule has 34 heavy (non-hydrogen) atoms. The van der Waals surface area contributed by atoms with Gasteiger partial charge in [0, 0.05) is 18.2 Å². The number of alkyl halides is 2. The summed E-state index contributed by atoms with van der Waals surface area (Å²) in [6, 6.07) is 5.04. The van der Waals surface area contributed by atoms with Crippen LogP contribution in [0.3, 0.4) is 0 Å². The molecule has 1 fully saturated rings. The molecule has 0 amide bonds. The highest BCUT2D eigenvalue weighted by atomic mass is 35.5. The Labute approximate surface area is 204 Å². The first kappa shape index (κ1) is 24.8. The molecule has 1 aliphatic heterocycles. The van der Waals surface area contributed by atoms with Gasteiger partial charge in [0.25, 0.3) is 15.5 Å². The molecular weight excluding hydrogens is 480 g/mol. The van der Waals surface area contributed by atoms with Gasteiger partial charge in [0.05, 0.1) is 11.0 Å². The number of imidazole rings is 1. The van der Waals surface area contributed by atoms with E-state index in [1.807, 2.05) is 33.9 Å². The second-order valence-corrected chi connectivity index (χ2v) is 12.4. The van der Waals surface area contributed by atoms with E-state index in [0.717, 1.165) is 12.0 Å². The highest BCUT2D eigenvalue weighted by Crippen LogP contribution is 2.40. The first-order valence-electron chi connectivity index (χ1n) is 11.2. The lowest BCUT2D eigenvalue weighted by atomic mass is 9.85. The molecule has 3 aromatic rings. The fourth-order valence-electron chi connectivity index (χ4n) is 4.47. The summed E-state index contributed by atoms with van der Waals surface area (Å²) < 4.78 is 35.9. The van der Waals surface area contributed by atoms with Gasteiger partial charge in [-0.2, -0.15) is 4.98 Å². The maximum atomic E-state index is 14.3. The molecule has 0 aliphatic carbocycles. The molecule has 4 rings (SSSR count). The number of fused-ring (bicyclic) bond motifs is 1. The van der Waals surface area contributed by atoms with Crippen LogP contribution >= 0.6 is 11.6 Å². The Balaban J connectivity index is 1.99. The molecule has 3 heterocycles. The zero-order chi connectivity index (χ0) is 25.0. The van der Waals surface area contributed by atoms with Crippen LogP contribution in [-0.2, 0) is 5.41 Å². The maximum Gasteiger partial charge on any atom is 0.296 e. The van der Waals surface area contributed by atoms with Crippen LogP contribution in [0.15, 0.2) is 18.2 Å². The smallest absolute Gasteiger partial charge is 0.296 e. The van der Waals surface area contributed by atoms with E-state index in [1.165, 1.54) is 10.6 Å². The number of anilines is 1. The maximum absolute atomic E-state index is 14.3. The molecule has 7 nitrogen and oxygen atoms in total. The number of hydrogen-bond donors (Lipinski definition) is 1. The topological polar surface area (TPSA) is 76.3 Å². The van der Waals surface area contributed by atoms with Crippen molar-refractivity contribution in [2.75, 3.05) is 11.4 Å². The Morgan fingerprint density at radius 2 is 1.91 bits per heavy atom. The van der Waals surface area contributed by atoms with Crippen molar-refractivity contribution in [1.82, 2.24) is 19.5 Å². The second-order valence-electron chi connectivity index (χ2n) is 9.99. The number of halogens is 3. The van der Waals surface area contributed by atoms with E-state index in [0.29, 0.717) is 35.6 Å². The summed E-state index contributed by atoms with van der Waals surface area (Å²) in [6.07, 6.45) is -1.53. The molecule has 1 aromatic carbocycles. The van der Waals surface area contributed by atoms with Gasteiger partial charge in [-0.05, 0) is 50.4 Å². The molecule has 0 bridgehead atoms. The average molecular weight is 509 g/mol. The van der Waals surface area contributed by atoms with E-state index in [1.54, 1.807) is 24.0 Å². The van der Waals surface area contributed by atoms with Crippen molar-refractivity contribution in [3.8, 4) is 11.7 Å². The van der Waals surface area contributed by atoms with Crippen LogP contribution in [0.1, 0.15) is 58.3 Å². The molecule has 0 spiro atoms. The molecule has 0 saturated carbocycles. The minimum atomic E-state index is -2.87. The van der Waals surface area contributed by atoms with Gasteiger partial charge in [0.2, 0.25) is 5.95 Å². The molecule has 1 radical (unpaired) electrons. The number of benzene rings is 1. The van der Waals surface area contributed by atoms with Gasteiger partial charge in [0.1, 0.15) is 22.4 Å². The zero-order valence-electron chi connectivity index (χ0n) is 20.2. The van der Waals surface area contributed by atoms with Crippen molar-refractivity contribution in [1.29, 1.82) is 0 Å². The van der Waals surface area contributed by atoms with Crippen LogP contribution in [0.2, 0.25) is 18.2 Å². The minimum absolute atomic E-state index is 0.0211. The minimum Gasteiger partial charge on any atom is -0.542 e. The summed E-state index contributed by atoms with van der Waals surface area (Å²) >= 11 is 6.31. The van der Waals surface area contributed by atoms with E-state index in [2.05, 4.69) is 15.0 Å². The fraction of sp³-hybridized carbons (Fsp3) is 0.522. The molecule has 1 unspecified atom stereocenters. The van der Waals surface area contributed by atoms with E-state index < -0.39 is 32.4 Å². The van der Waals surface area contributed by atoms with Gasteiger partial charge in [-0.15, -0.1) is 0 Å². The lowest BCUT2D eigenvalue weighted by Gasteiger charge is -2.31. The first-order valence-corrected chi connectivity index (χ1v) is 13.9. The monoisotopic (exact) mass is 508 g/mol. The van der Waals surface area contributed by atoms with Crippen molar-refractivity contribution >= 4 is 37.5 Å². The molecule has 1 N–H and O–H groups in total. The van der Waals surface area contributed by atoms with Crippen molar-refractivity contribution in [3.05, 3.63) is 34.7 Å². The van der Waals surface area contributed by atoms with Gasteiger partial charge < -0.3 is 14.4 Å². The van der Waals surface area contributed by atoms with Gasteiger partial charge in [0.15, 0.2) is 5.82 Å². The molecule has 183 valence electrons. The third-order valence-corrected chi connectivity index (χ3v) is 6.66. The molecule has 2 aromatic heterocycles. The van der Waals surface area contributed by atoms with Crippen LogP contribution in [0.5, 0.6) is 5.75 Å². The van der Waals surface area contributed by atoms with Crippen molar-refractivity contribution in [3.63, 3.8) is 0 Å². The quantitative estimate of drug-likeness (QED) is 0.355. The summed E-state index contributed by atoms with van der Waals surface area (Å²) in [5.41, 5.74) is 0.0840. The standard InChI is InChI=1S/C23H29ClF2N5O2Si/c1-22(2,3)17-14(33-34(5)6)9-8-13-18(17)29-20(19(25)26)31(13)21-27-15(24)12-16(28-21)30-11-7-10-23(30,4)32/h8-9,12,19,32H,7,10-11H2,1-6H3. The second kappa shape index (κ2) is 8.73. The summed E-state index contributed by atoms with van der Waals surface area (Å²) in [6.45, 7) is 12.3. The van der Waals surface area contributed by atoms with E-state index in [-0.39, 0.29) is 11.1 Å². The van der Waals surface area contributed by atoms with Crippen LogP contribution in [0.25, 0.3) is 17.0 Å². The molecular formula is C23H29ClF2N5O2Si. The predicted octanol–water partition coefficient (Wildman–Crippen LogP) is 5.64. The number of aromatic nitrogens is 4. The van der Waals surface area contributed by atoms with Crippen molar-refractivity contribution in [2.24, 2.45) is 0 Å². The third-order valence-electron chi connectivity index (χ3n) is 5.83. The predicted molar refractivity (Wildman–Crippen MR) is 131 cm³/mol. The van der Waals surface area contributed by atoms with Crippen molar-refractivity contribution in [2.45, 2.75) is 71.2 Å². The highest BCUT2D eigenvalue weighted by Gasteiger charge is 2.36. The summed E-state index contributed by atoms with van der Waals surface area (Å²) in [5.74, 6) is 0.523. The van der Waals surface area contributed by atoms with Crippen LogP contribution in [0, 0.1) is 0 Å². The van der Waals surface area contributed by atoms with Crippen LogP contribution in [0.4, 0.5) is 14.6 Å². The highest BCUT2D eigenvalue weighted by molar-refractivity contribution is 6.49. The SMILES string of the molecule is C[Si](C)Oc1ccc2c(nc(C(F)F)n2-c2nc(Cl)cc(N3CCCC3(C)O)n2)c1C(C)(C)C. The number of rotatable bonds is 5. The Hall–Kier alpha value is -2.30. The molecule has 1 atom stereocenters. The molecule has 1 aliphatic rings. The Morgan fingerprint density at radius 1 is 1.21 bits per heavy atom. The van der Waals surface area contributed by atoms with Gasteiger partial charge in [-0.25, -0.2) is 18.7 Å². The van der Waals surface area contributed by atoms with Crippen molar-refractivity contribution < 1.29 is 18.3 Å². The Kier molecular flexibility index (Phi) is 6.37. The van der Waals surface area contributed by atoms with Crippen LogP contribution < -0.4 is 9.33 Å². The van der Waals surface area contributed by atoms with Gasteiger partial charge >= 0.3 is 0 Å². The largest absolute Gasteiger partial charge is 0.542 e. The van der Waals surface area contributed by atoms with E-state index in [9.17, 15) is 13.9 Å². The fourth-order valence-corrected chi connectivity index (χ4v) is 5.25. The lowest BCUT2D eigenvalue weighted by molar-refractivity contribution is 0.0707. The molecule has 1 saturated heterocycles. The normalized spacial score (nSPS) is 19.1. The Morgan fingerprint density at radius 3 is 2.47 bits per heavy atom. The number of nitrogens with zero attached hydrogens (tertiary/aromatic N) is 5. The summed E-state index contributed by atoms with van der Waals surface area (Å²) in [7, 11) is -1.09. The third kappa shape index (κ3) is 4.50.